The second-order valence-corrected chi connectivity index (χ2v) is 4.64. The van der Waals surface area contributed by atoms with Crippen molar-refractivity contribution in [3.8, 4) is 0 Å². The van der Waals surface area contributed by atoms with Crippen LogP contribution in [0.1, 0.15) is 26.7 Å². The maximum atomic E-state index is 11.6. The SMILES string of the molecule is CC(C)NCc1nnc(NC(C)C(=O)N(C)C)o1. The fourth-order valence-electron chi connectivity index (χ4n) is 1.31. The molecule has 0 radical (unpaired) electrons. The maximum absolute atomic E-state index is 11.6. The Labute approximate surface area is 107 Å². The van der Waals surface area contributed by atoms with Crippen LogP contribution < -0.4 is 10.6 Å². The quantitative estimate of drug-likeness (QED) is 0.768. The normalized spacial score (nSPS) is 12.6. The summed E-state index contributed by atoms with van der Waals surface area (Å²) < 4.78 is 5.37. The summed E-state index contributed by atoms with van der Waals surface area (Å²) in [6, 6.07) is 0.215. The van der Waals surface area contributed by atoms with Crippen LogP contribution in [0.2, 0.25) is 0 Å². The zero-order chi connectivity index (χ0) is 13.7. The minimum Gasteiger partial charge on any atom is -0.407 e. The lowest BCUT2D eigenvalue weighted by molar-refractivity contribution is -0.129. The average molecular weight is 255 g/mol. The Balaban J connectivity index is 2.51. The van der Waals surface area contributed by atoms with Gasteiger partial charge in [0.05, 0.1) is 6.54 Å². The molecule has 1 amide bonds. The minimum atomic E-state index is -0.397. The number of nitrogens with one attached hydrogen (secondary N) is 2. The average Bonchev–Trinajstić information content (AvgIpc) is 2.72. The van der Waals surface area contributed by atoms with Crippen LogP contribution in [0.15, 0.2) is 4.42 Å². The monoisotopic (exact) mass is 255 g/mol. The van der Waals surface area contributed by atoms with Gasteiger partial charge in [-0.15, -0.1) is 5.10 Å². The molecule has 2 N–H and O–H groups in total. The van der Waals surface area contributed by atoms with Crippen molar-refractivity contribution in [1.82, 2.24) is 20.4 Å². The van der Waals surface area contributed by atoms with Crippen LogP contribution in [0.25, 0.3) is 0 Å². The molecule has 1 unspecified atom stereocenters. The highest BCUT2D eigenvalue weighted by Gasteiger charge is 2.17. The van der Waals surface area contributed by atoms with Crippen molar-refractivity contribution < 1.29 is 9.21 Å². The number of carbonyl (C=O) groups is 1. The van der Waals surface area contributed by atoms with Crippen molar-refractivity contribution in [2.75, 3.05) is 19.4 Å². The molecule has 18 heavy (non-hydrogen) atoms. The number of anilines is 1. The largest absolute Gasteiger partial charge is 0.407 e. The lowest BCUT2D eigenvalue weighted by Crippen LogP contribution is -2.36. The van der Waals surface area contributed by atoms with E-state index in [1.54, 1.807) is 21.0 Å². The summed E-state index contributed by atoms with van der Waals surface area (Å²) in [5, 5.41) is 13.8. The number of hydrogen-bond donors (Lipinski definition) is 2. The van der Waals surface area contributed by atoms with Crippen molar-refractivity contribution >= 4 is 11.9 Å². The Morgan fingerprint density at radius 2 is 2.00 bits per heavy atom. The second-order valence-electron chi connectivity index (χ2n) is 4.64. The highest BCUT2D eigenvalue weighted by molar-refractivity contribution is 5.83. The van der Waals surface area contributed by atoms with E-state index in [0.29, 0.717) is 18.5 Å². The van der Waals surface area contributed by atoms with E-state index in [-0.39, 0.29) is 11.9 Å². The van der Waals surface area contributed by atoms with Gasteiger partial charge in [0.25, 0.3) is 0 Å². The summed E-state index contributed by atoms with van der Waals surface area (Å²) in [4.78, 5) is 13.1. The summed E-state index contributed by atoms with van der Waals surface area (Å²) >= 11 is 0. The van der Waals surface area contributed by atoms with Gasteiger partial charge in [-0.1, -0.05) is 18.9 Å². The van der Waals surface area contributed by atoms with Gasteiger partial charge in [0.1, 0.15) is 6.04 Å². The first-order chi connectivity index (χ1) is 8.40. The van der Waals surface area contributed by atoms with Crippen LogP contribution >= 0.6 is 0 Å². The van der Waals surface area contributed by atoms with E-state index in [2.05, 4.69) is 20.8 Å². The van der Waals surface area contributed by atoms with Crippen LogP contribution in [0.4, 0.5) is 6.01 Å². The van der Waals surface area contributed by atoms with Gasteiger partial charge in [-0.05, 0) is 6.92 Å². The van der Waals surface area contributed by atoms with Crippen LogP contribution in [-0.2, 0) is 11.3 Å². The number of hydrogen-bond acceptors (Lipinski definition) is 6. The van der Waals surface area contributed by atoms with Crippen molar-refractivity contribution in [2.24, 2.45) is 0 Å². The highest BCUT2D eigenvalue weighted by Crippen LogP contribution is 2.07. The molecular weight excluding hydrogens is 234 g/mol. The zero-order valence-electron chi connectivity index (χ0n) is 11.5. The molecule has 0 saturated heterocycles. The third kappa shape index (κ3) is 4.33. The summed E-state index contributed by atoms with van der Waals surface area (Å²) in [6.07, 6.45) is 0. The molecule has 7 heteroatoms. The van der Waals surface area contributed by atoms with E-state index in [0.717, 1.165) is 0 Å². The smallest absolute Gasteiger partial charge is 0.316 e. The second kappa shape index (κ2) is 6.34. The summed E-state index contributed by atoms with van der Waals surface area (Å²) in [5.74, 6) is 0.450. The van der Waals surface area contributed by atoms with Crippen LogP contribution in [0, 0.1) is 0 Å². The number of rotatable bonds is 6. The number of amides is 1. The van der Waals surface area contributed by atoms with Gasteiger partial charge in [0.2, 0.25) is 11.8 Å². The Bertz CT molecular complexity index is 389. The predicted octanol–water partition coefficient (Wildman–Crippen LogP) is 0.456. The molecule has 0 saturated carbocycles. The Kier molecular flexibility index (Phi) is 5.08. The van der Waals surface area contributed by atoms with E-state index in [1.165, 1.54) is 4.90 Å². The van der Waals surface area contributed by atoms with Crippen molar-refractivity contribution in [2.45, 2.75) is 39.4 Å². The van der Waals surface area contributed by atoms with E-state index >= 15 is 0 Å². The zero-order valence-corrected chi connectivity index (χ0v) is 11.5. The molecule has 1 aromatic rings. The molecule has 0 aliphatic rings. The lowest BCUT2D eigenvalue weighted by atomic mass is 10.3. The fraction of sp³-hybridized carbons (Fsp3) is 0.727. The molecule has 0 fully saturated rings. The Morgan fingerprint density at radius 1 is 1.33 bits per heavy atom. The Morgan fingerprint density at radius 3 is 2.56 bits per heavy atom. The third-order valence-corrected chi connectivity index (χ3v) is 2.28. The topological polar surface area (TPSA) is 83.3 Å². The summed E-state index contributed by atoms with van der Waals surface area (Å²) in [7, 11) is 3.40. The van der Waals surface area contributed by atoms with E-state index in [9.17, 15) is 4.79 Å². The molecule has 0 aliphatic carbocycles. The third-order valence-electron chi connectivity index (χ3n) is 2.28. The van der Waals surface area contributed by atoms with Gasteiger partial charge < -0.3 is 20.0 Å². The van der Waals surface area contributed by atoms with Gasteiger partial charge in [0.15, 0.2) is 0 Å². The van der Waals surface area contributed by atoms with Crippen molar-refractivity contribution in [3.05, 3.63) is 5.89 Å². The fourth-order valence-corrected chi connectivity index (χ4v) is 1.31. The first-order valence-corrected chi connectivity index (χ1v) is 5.93. The Hall–Kier alpha value is -1.63. The van der Waals surface area contributed by atoms with Crippen molar-refractivity contribution in [1.29, 1.82) is 0 Å². The van der Waals surface area contributed by atoms with Crippen molar-refractivity contribution in [3.63, 3.8) is 0 Å². The van der Waals surface area contributed by atoms with Gasteiger partial charge in [-0.25, -0.2) is 0 Å². The summed E-state index contributed by atoms with van der Waals surface area (Å²) in [6.45, 7) is 6.33. The van der Waals surface area contributed by atoms with Crippen LogP contribution in [-0.4, -0.2) is 47.2 Å². The first-order valence-electron chi connectivity index (χ1n) is 5.93. The predicted molar refractivity (Wildman–Crippen MR) is 68.1 cm³/mol. The number of nitrogens with zero attached hydrogens (tertiary/aromatic N) is 3. The van der Waals surface area contributed by atoms with E-state index in [4.69, 9.17) is 4.42 Å². The standard InChI is InChI=1S/C11H21N5O2/c1-7(2)12-6-9-14-15-11(18-9)13-8(3)10(17)16(4)5/h7-8,12H,6H2,1-5H3,(H,13,15). The first kappa shape index (κ1) is 14.4. The molecule has 0 bridgehead atoms. The van der Waals surface area contributed by atoms with Crippen LogP contribution in [0.3, 0.4) is 0 Å². The minimum absolute atomic E-state index is 0.0462. The van der Waals surface area contributed by atoms with Crippen LogP contribution in [0.5, 0.6) is 0 Å². The van der Waals surface area contributed by atoms with Gasteiger partial charge >= 0.3 is 6.01 Å². The highest BCUT2D eigenvalue weighted by atomic mass is 16.4. The molecular formula is C11H21N5O2. The number of carbonyl (C=O) groups excluding carboxylic acids is 1. The number of aromatic nitrogens is 2. The van der Waals surface area contributed by atoms with E-state index < -0.39 is 6.04 Å². The molecule has 0 aromatic carbocycles. The molecule has 7 nitrogen and oxygen atoms in total. The maximum Gasteiger partial charge on any atom is 0.316 e. The molecule has 1 aromatic heterocycles. The molecule has 1 atom stereocenters. The van der Waals surface area contributed by atoms with Gasteiger partial charge in [-0.2, -0.15) is 0 Å². The number of likely N-dealkylation sites (N-methyl/N-ethyl adjacent to an activating group) is 1. The summed E-state index contributed by atoms with van der Waals surface area (Å²) in [5.41, 5.74) is 0. The molecule has 102 valence electrons. The molecule has 1 heterocycles. The molecule has 0 spiro atoms. The molecule has 0 aliphatic heterocycles. The lowest BCUT2D eigenvalue weighted by Gasteiger charge is -2.16. The van der Waals surface area contributed by atoms with Gasteiger partial charge in [0, 0.05) is 20.1 Å². The van der Waals surface area contributed by atoms with E-state index in [1.807, 2.05) is 13.8 Å². The van der Waals surface area contributed by atoms with Gasteiger partial charge in [-0.3, -0.25) is 4.79 Å². The molecule has 1 rings (SSSR count).